The van der Waals surface area contributed by atoms with Crippen LogP contribution in [0.5, 0.6) is 0 Å². The van der Waals surface area contributed by atoms with E-state index in [0.717, 1.165) is 22.4 Å². The zero-order valence-corrected chi connectivity index (χ0v) is 14.6. The number of hydrogen-bond acceptors (Lipinski definition) is 4. The van der Waals surface area contributed by atoms with Gasteiger partial charge in [-0.25, -0.2) is 9.69 Å². The third-order valence-electron chi connectivity index (χ3n) is 4.29. The van der Waals surface area contributed by atoms with Crippen LogP contribution in [0.25, 0.3) is 0 Å². The highest BCUT2D eigenvalue weighted by atomic mass is 16.2. The molecule has 132 valence electrons. The SMILES string of the molecule is CCc1ccccc1N=C[C@@H]1C(=O)NC(=O)N(c2ccccc2C)C1=O. The summed E-state index contributed by atoms with van der Waals surface area (Å²) in [4.78, 5) is 42.6. The van der Waals surface area contributed by atoms with Gasteiger partial charge in [0.1, 0.15) is 0 Å². The summed E-state index contributed by atoms with van der Waals surface area (Å²) >= 11 is 0. The van der Waals surface area contributed by atoms with E-state index >= 15 is 0 Å². The molecule has 0 aliphatic carbocycles. The quantitative estimate of drug-likeness (QED) is 0.680. The highest BCUT2D eigenvalue weighted by molar-refractivity contribution is 6.32. The van der Waals surface area contributed by atoms with Crippen LogP contribution in [-0.2, 0) is 16.0 Å². The summed E-state index contributed by atoms with van der Waals surface area (Å²) in [6, 6.07) is 13.8. The number of benzene rings is 2. The third-order valence-corrected chi connectivity index (χ3v) is 4.29. The molecule has 0 unspecified atom stereocenters. The molecule has 0 spiro atoms. The van der Waals surface area contributed by atoms with Crippen LogP contribution >= 0.6 is 0 Å². The average Bonchev–Trinajstić information content (AvgIpc) is 2.63. The fraction of sp³-hybridized carbons (Fsp3) is 0.200. The Bertz CT molecular complexity index is 905. The van der Waals surface area contributed by atoms with E-state index in [1.807, 2.05) is 37.3 Å². The minimum atomic E-state index is -1.16. The van der Waals surface area contributed by atoms with Gasteiger partial charge in [-0.1, -0.05) is 43.3 Å². The van der Waals surface area contributed by atoms with Gasteiger partial charge in [0.25, 0.3) is 5.91 Å². The Morgan fingerprint density at radius 1 is 1.08 bits per heavy atom. The monoisotopic (exact) mass is 349 g/mol. The molecule has 1 heterocycles. The highest BCUT2D eigenvalue weighted by Crippen LogP contribution is 2.24. The normalized spacial score (nSPS) is 17.7. The summed E-state index contributed by atoms with van der Waals surface area (Å²) in [7, 11) is 0. The van der Waals surface area contributed by atoms with Crippen molar-refractivity contribution in [2.75, 3.05) is 4.90 Å². The van der Waals surface area contributed by atoms with Gasteiger partial charge in [0.2, 0.25) is 5.91 Å². The molecule has 2 aromatic carbocycles. The maximum absolute atomic E-state index is 12.8. The second kappa shape index (κ2) is 7.31. The molecule has 1 aliphatic heterocycles. The van der Waals surface area contributed by atoms with Crippen LogP contribution in [-0.4, -0.2) is 24.1 Å². The minimum Gasteiger partial charge on any atom is -0.276 e. The molecule has 1 atom stereocenters. The van der Waals surface area contributed by atoms with Gasteiger partial charge in [-0.15, -0.1) is 0 Å². The first-order valence-corrected chi connectivity index (χ1v) is 8.39. The number of imide groups is 2. The maximum Gasteiger partial charge on any atom is 0.335 e. The Morgan fingerprint density at radius 3 is 2.50 bits per heavy atom. The molecule has 6 nitrogen and oxygen atoms in total. The molecule has 0 bridgehead atoms. The molecular formula is C20H19N3O3. The second-order valence-corrected chi connectivity index (χ2v) is 5.99. The first-order chi connectivity index (χ1) is 12.5. The van der Waals surface area contributed by atoms with Gasteiger partial charge in [-0.2, -0.15) is 0 Å². The van der Waals surface area contributed by atoms with Crippen LogP contribution in [0.4, 0.5) is 16.2 Å². The molecule has 26 heavy (non-hydrogen) atoms. The molecule has 3 rings (SSSR count). The van der Waals surface area contributed by atoms with Gasteiger partial charge in [0, 0.05) is 6.21 Å². The van der Waals surface area contributed by atoms with E-state index < -0.39 is 23.8 Å². The number of rotatable bonds is 4. The summed E-state index contributed by atoms with van der Waals surface area (Å²) in [5.41, 5.74) is 2.93. The van der Waals surface area contributed by atoms with Crippen LogP contribution < -0.4 is 10.2 Å². The topological polar surface area (TPSA) is 78.8 Å². The molecule has 1 N–H and O–H groups in total. The van der Waals surface area contributed by atoms with E-state index in [-0.39, 0.29) is 0 Å². The molecule has 0 radical (unpaired) electrons. The third kappa shape index (κ3) is 3.26. The van der Waals surface area contributed by atoms with Crippen molar-refractivity contribution in [3.05, 3.63) is 59.7 Å². The molecule has 2 aromatic rings. The number of hydrogen-bond donors (Lipinski definition) is 1. The van der Waals surface area contributed by atoms with Crippen molar-refractivity contribution in [3.63, 3.8) is 0 Å². The first kappa shape index (κ1) is 17.5. The van der Waals surface area contributed by atoms with Gasteiger partial charge in [-0.05, 0) is 36.6 Å². The zero-order chi connectivity index (χ0) is 18.7. The van der Waals surface area contributed by atoms with Crippen LogP contribution in [0.15, 0.2) is 53.5 Å². The molecular weight excluding hydrogens is 330 g/mol. The number of urea groups is 1. The number of anilines is 1. The zero-order valence-electron chi connectivity index (χ0n) is 14.6. The van der Waals surface area contributed by atoms with E-state index in [4.69, 9.17) is 0 Å². The summed E-state index contributed by atoms with van der Waals surface area (Å²) < 4.78 is 0. The van der Waals surface area contributed by atoms with Crippen molar-refractivity contribution in [1.29, 1.82) is 0 Å². The second-order valence-electron chi connectivity index (χ2n) is 5.99. The Labute approximate surface area is 151 Å². The number of para-hydroxylation sites is 2. The summed E-state index contributed by atoms with van der Waals surface area (Å²) in [6.45, 7) is 3.80. The Hall–Kier alpha value is -3.28. The largest absolute Gasteiger partial charge is 0.335 e. The Balaban J connectivity index is 1.93. The van der Waals surface area contributed by atoms with Crippen molar-refractivity contribution in [2.24, 2.45) is 10.9 Å². The van der Waals surface area contributed by atoms with E-state index in [0.29, 0.717) is 11.4 Å². The lowest BCUT2D eigenvalue weighted by Crippen LogP contribution is -2.58. The molecule has 1 aliphatic rings. The Kier molecular flexibility index (Phi) is 4.93. The van der Waals surface area contributed by atoms with E-state index in [1.165, 1.54) is 6.21 Å². The molecule has 1 fully saturated rings. The summed E-state index contributed by atoms with van der Waals surface area (Å²) in [5, 5.41) is 2.24. The number of nitrogens with zero attached hydrogens (tertiary/aromatic N) is 2. The lowest BCUT2D eigenvalue weighted by Gasteiger charge is -2.29. The first-order valence-electron chi connectivity index (χ1n) is 8.39. The van der Waals surface area contributed by atoms with E-state index in [9.17, 15) is 14.4 Å². The van der Waals surface area contributed by atoms with Gasteiger partial charge < -0.3 is 0 Å². The number of carbonyl (C=O) groups excluding carboxylic acids is 3. The number of aryl methyl sites for hydroxylation is 2. The molecule has 4 amide bonds. The smallest absolute Gasteiger partial charge is 0.276 e. The van der Waals surface area contributed by atoms with Crippen LogP contribution in [0.3, 0.4) is 0 Å². The molecule has 1 saturated heterocycles. The standard InChI is InChI=1S/C20H19N3O3/c1-3-14-9-5-6-10-16(14)21-12-15-18(24)22-20(26)23(19(15)25)17-11-7-4-8-13(17)2/h4-12,15H,3H2,1-2H3,(H,22,24,26)/t15-/m1/s1. The van der Waals surface area contributed by atoms with E-state index in [1.54, 1.807) is 25.1 Å². The molecule has 6 heteroatoms. The van der Waals surface area contributed by atoms with Crippen molar-refractivity contribution in [2.45, 2.75) is 20.3 Å². The lowest BCUT2D eigenvalue weighted by atomic mass is 10.0. The predicted octanol–water partition coefficient (Wildman–Crippen LogP) is 3.16. The van der Waals surface area contributed by atoms with Crippen molar-refractivity contribution >= 4 is 35.4 Å². The van der Waals surface area contributed by atoms with Gasteiger partial charge >= 0.3 is 6.03 Å². The predicted molar refractivity (Wildman–Crippen MR) is 99.7 cm³/mol. The van der Waals surface area contributed by atoms with Crippen LogP contribution in [0.2, 0.25) is 0 Å². The molecule has 0 saturated carbocycles. The number of amides is 4. The lowest BCUT2D eigenvalue weighted by molar-refractivity contribution is -0.131. The van der Waals surface area contributed by atoms with Crippen molar-refractivity contribution in [3.8, 4) is 0 Å². The van der Waals surface area contributed by atoms with Crippen molar-refractivity contribution < 1.29 is 14.4 Å². The summed E-state index contributed by atoms with van der Waals surface area (Å²) in [6.07, 6.45) is 2.09. The molecule has 0 aromatic heterocycles. The summed E-state index contributed by atoms with van der Waals surface area (Å²) in [5.74, 6) is -2.43. The number of barbiturate groups is 1. The fourth-order valence-corrected chi connectivity index (χ4v) is 2.85. The average molecular weight is 349 g/mol. The van der Waals surface area contributed by atoms with E-state index in [2.05, 4.69) is 10.3 Å². The number of carbonyl (C=O) groups is 3. The number of nitrogens with one attached hydrogen (secondary N) is 1. The highest BCUT2D eigenvalue weighted by Gasteiger charge is 2.40. The van der Waals surface area contributed by atoms with Gasteiger partial charge in [0.05, 0.1) is 11.4 Å². The van der Waals surface area contributed by atoms with Gasteiger partial charge in [0.15, 0.2) is 5.92 Å². The Morgan fingerprint density at radius 2 is 1.77 bits per heavy atom. The van der Waals surface area contributed by atoms with Crippen LogP contribution in [0, 0.1) is 12.8 Å². The fourth-order valence-electron chi connectivity index (χ4n) is 2.85. The van der Waals surface area contributed by atoms with Crippen molar-refractivity contribution in [1.82, 2.24) is 5.32 Å². The van der Waals surface area contributed by atoms with Gasteiger partial charge in [-0.3, -0.25) is 19.9 Å². The van der Waals surface area contributed by atoms with Crippen LogP contribution in [0.1, 0.15) is 18.1 Å². The number of aliphatic imine (C=N–C) groups is 1. The minimum absolute atomic E-state index is 0.454. The maximum atomic E-state index is 12.8.